The third kappa shape index (κ3) is 5.17. The lowest BCUT2D eigenvalue weighted by Gasteiger charge is -2.08. The van der Waals surface area contributed by atoms with Gasteiger partial charge in [-0.1, -0.05) is 53.6 Å². The molecule has 0 spiro atoms. The van der Waals surface area contributed by atoms with Crippen molar-refractivity contribution >= 4 is 44.0 Å². The molecule has 0 unspecified atom stereocenters. The van der Waals surface area contributed by atoms with E-state index in [4.69, 9.17) is 11.6 Å². The smallest absolute Gasteiger partial charge is 0.242 e. The summed E-state index contributed by atoms with van der Waals surface area (Å²) in [6.45, 7) is 1.96. The second kappa shape index (κ2) is 8.83. The summed E-state index contributed by atoms with van der Waals surface area (Å²) in [5, 5.41) is 5.15. The highest BCUT2D eigenvalue weighted by molar-refractivity contribution is 7.89. The van der Waals surface area contributed by atoms with Crippen LogP contribution in [0.1, 0.15) is 12.0 Å². The number of rotatable bonds is 7. The van der Waals surface area contributed by atoms with Crippen molar-refractivity contribution in [3.8, 4) is 11.3 Å². The van der Waals surface area contributed by atoms with Crippen LogP contribution in [0.4, 0.5) is 5.13 Å². The summed E-state index contributed by atoms with van der Waals surface area (Å²) in [5.41, 5.74) is 2.90. The Morgan fingerprint density at radius 3 is 2.57 bits per heavy atom. The number of aryl methyl sites for hydroxylation is 1. The minimum Gasteiger partial charge on any atom is -0.302 e. The zero-order valence-corrected chi connectivity index (χ0v) is 17.4. The number of nitrogens with one attached hydrogen (secondary N) is 2. The van der Waals surface area contributed by atoms with Crippen LogP contribution in [0, 0.1) is 6.92 Å². The molecule has 6 nitrogen and oxygen atoms in total. The standard InChI is InChI=1S/C19H18ClN3O3S2/c1-13-6-8-14(9-7-13)16-12-27-19(22-16)23-18(24)10-11-21-28(25,26)17-5-3-2-4-15(17)20/h2-9,12,21H,10-11H2,1H3,(H,22,23,24). The molecule has 0 aliphatic heterocycles. The second-order valence-electron chi connectivity index (χ2n) is 6.03. The van der Waals surface area contributed by atoms with Gasteiger partial charge in [0.05, 0.1) is 10.7 Å². The van der Waals surface area contributed by atoms with Crippen molar-refractivity contribution in [1.82, 2.24) is 9.71 Å². The maximum atomic E-state index is 12.2. The molecule has 2 N–H and O–H groups in total. The molecule has 9 heteroatoms. The molecule has 0 saturated heterocycles. The minimum atomic E-state index is -3.77. The Labute approximate surface area is 172 Å². The SMILES string of the molecule is Cc1ccc(-c2csc(NC(=O)CCNS(=O)(=O)c3ccccc3Cl)n2)cc1. The molecule has 0 saturated carbocycles. The number of hydrogen-bond acceptors (Lipinski definition) is 5. The highest BCUT2D eigenvalue weighted by atomic mass is 35.5. The molecule has 146 valence electrons. The van der Waals surface area contributed by atoms with Crippen LogP contribution in [-0.4, -0.2) is 25.9 Å². The van der Waals surface area contributed by atoms with E-state index in [0.29, 0.717) is 5.13 Å². The van der Waals surface area contributed by atoms with Crippen molar-refractivity contribution in [2.45, 2.75) is 18.2 Å². The molecular formula is C19H18ClN3O3S2. The van der Waals surface area contributed by atoms with Gasteiger partial charge < -0.3 is 5.32 Å². The monoisotopic (exact) mass is 435 g/mol. The van der Waals surface area contributed by atoms with Crippen molar-refractivity contribution < 1.29 is 13.2 Å². The second-order valence-corrected chi connectivity index (χ2v) is 9.03. The predicted molar refractivity (Wildman–Crippen MR) is 112 cm³/mol. The summed E-state index contributed by atoms with van der Waals surface area (Å²) < 4.78 is 26.9. The molecule has 0 aliphatic rings. The first-order valence-electron chi connectivity index (χ1n) is 8.42. The topological polar surface area (TPSA) is 88.2 Å². The maximum Gasteiger partial charge on any atom is 0.242 e. The van der Waals surface area contributed by atoms with Crippen molar-refractivity contribution in [2.24, 2.45) is 0 Å². The first-order chi connectivity index (χ1) is 13.3. The molecule has 0 bridgehead atoms. The van der Waals surface area contributed by atoms with Gasteiger partial charge in [0.15, 0.2) is 5.13 Å². The average Bonchev–Trinajstić information content (AvgIpc) is 3.10. The Kier molecular flexibility index (Phi) is 6.46. The van der Waals surface area contributed by atoms with Crippen molar-refractivity contribution in [3.05, 3.63) is 64.5 Å². The van der Waals surface area contributed by atoms with E-state index in [1.54, 1.807) is 12.1 Å². The molecule has 2 aromatic carbocycles. The molecule has 0 radical (unpaired) electrons. The lowest BCUT2D eigenvalue weighted by Crippen LogP contribution is -2.28. The van der Waals surface area contributed by atoms with Gasteiger partial charge in [0.25, 0.3) is 0 Å². The van der Waals surface area contributed by atoms with Gasteiger partial charge in [0.2, 0.25) is 15.9 Å². The number of amides is 1. The van der Waals surface area contributed by atoms with E-state index in [1.165, 1.54) is 23.5 Å². The lowest BCUT2D eigenvalue weighted by molar-refractivity contribution is -0.116. The van der Waals surface area contributed by atoms with Crippen LogP contribution in [0.5, 0.6) is 0 Å². The molecule has 1 amide bonds. The van der Waals surface area contributed by atoms with Crippen LogP contribution >= 0.6 is 22.9 Å². The molecule has 1 aromatic heterocycles. The molecule has 1 heterocycles. The summed E-state index contributed by atoms with van der Waals surface area (Å²) >= 11 is 7.23. The number of hydrogen-bond donors (Lipinski definition) is 2. The fourth-order valence-electron chi connectivity index (χ4n) is 2.41. The van der Waals surface area contributed by atoms with Gasteiger partial charge in [-0.05, 0) is 19.1 Å². The van der Waals surface area contributed by atoms with E-state index in [2.05, 4.69) is 15.0 Å². The Morgan fingerprint density at radius 1 is 1.14 bits per heavy atom. The minimum absolute atomic E-state index is 0.0141. The number of carbonyl (C=O) groups excluding carboxylic acids is 1. The van der Waals surface area contributed by atoms with Gasteiger partial charge in [0.1, 0.15) is 4.90 Å². The summed E-state index contributed by atoms with van der Waals surface area (Å²) in [7, 11) is -3.77. The lowest BCUT2D eigenvalue weighted by atomic mass is 10.1. The first-order valence-corrected chi connectivity index (χ1v) is 11.2. The van der Waals surface area contributed by atoms with Gasteiger partial charge in [-0.3, -0.25) is 4.79 Å². The van der Waals surface area contributed by atoms with Crippen LogP contribution in [-0.2, 0) is 14.8 Å². The highest BCUT2D eigenvalue weighted by Gasteiger charge is 2.17. The van der Waals surface area contributed by atoms with Crippen LogP contribution in [0.3, 0.4) is 0 Å². The third-order valence-electron chi connectivity index (χ3n) is 3.87. The van der Waals surface area contributed by atoms with E-state index in [9.17, 15) is 13.2 Å². The number of benzene rings is 2. The zero-order chi connectivity index (χ0) is 20.1. The Morgan fingerprint density at radius 2 is 1.86 bits per heavy atom. The Hall–Kier alpha value is -2.26. The number of thiazole rings is 1. The third-order valence-corrected chi connectivity index (χ3v) is 6.59. The van der Waals surface area contributed by atoms with Gasteiger partial charge >= 0.3 is 0 Å². The van der Waals surface area contributed by atoms with Crippen LogP contribution in [0.2, 0.25) is 5.02 Å². The molecule has 3 rings (SSSR count). The van der Waals surface area contributed by atoms with Crippen molar-refractivity contribution in [1.29, 1.82) is 0 Å². The van der Waals surface area contributed by atoms with E-state index < -0.39 is 10.0 Å². The fourth-order valence-corrected chi connectivity index (χ4v) is 4.69. The molecule has 0 aliphatic carbocycles. The molecule has 0 fully saturated rings. The largest absolute Gasteiger partial charge is 0.302 e. The fraction of sp³-hybridized carbons (Fsp3) is 0.158. The molecular weight excluding hydrogens is 418 g/mol. The number of aromatic nitrogens is 1. The van der Waals surface area contributed by atoms with E-state index >= 15 is 0 Å². The van der Waals surface area contributed by atoms with Gasteiger partial charge in [-0.15, -0.1) is 11.3 Å². The van der Waals surface area contributed by atoms with Gasteiger partial charge in [-0.25, -0.2) is 18.1 Å². The van der Waals surface area contributed by atoms with Gasteiger partial charge in [0, 0.05) is 23.9 Å². The van der Waals surface area contributed by atoms with E-state index in [1.807, 2.05) is 36.6 Å². The normalized spacial score (nSPS) is 11.4. The number of sulfonamides is 1. The molecule has 3 aromatic rings. The summed E-state index contributed by atoms with van der Waals surface area (Å²) in [5.74, 6) is -0.327. The number of carbonyl (C=O) groups is 1. The quantitative estimate of drug-likeness (QED) is 0.585. The number of anilines is 1. The molecule has 28 heavy (non-hydrogen) atoms. The summed E-state index contributed by atoms with van der Waals surface area (Å²) in [6, 6.07) is 14.1. The zero-order valence-electron chi connectivity index (χ0n) is 15.0. The van der Waals surface area contributed by atoms with Crippen LogP contribution < -0.4 is 10.0 Å². The summed E-state index contributed by atoms with van der Waals surface area (Å²) in [4.78, 5) is 16.5. The molecule has 0 atom stereocenters. The van der Waals surface area contributed by atoms with Crippen LogP contribution in [0.25, 0.3) is 11.3 Å². The van der Waals surface area contributed by atoms with Crippen molar-refractivity contribution in [3.63, 3.8) is 0 Å². The Balaban J connectivity index is 1.54. The Bertz CT molecular complexity index is 1080. The predicted octanol–water partition coefficient (Wildman–Crippen LogP) is 4.08. The first kappa shape index (κ1) is 20.5. The van der Waals surface area contributed by atoms with E-state index in [0.717, 1.165) is 16.8 Å². The van der Waals surface area contributed by atoms with E-state index in [-0.39, 0.29) is 28.8 Å². The summed E-state index contributed by atoms with van der Waals surface area (Å²) in [6.07, 6.45) is -0.0247. The van der Waals surface area contributed by atoms with Crippen LogP contribution in [0.15, 0.2) is 58.8 Å². The number of halogens is 1. The highest BCUT2D eigenvalue weighted by Crippen LogP contribution is 2.25. The number of nitrogens with zero attached hydrogens (tertiary/aromatic N) is 1. The van der Waals surface area contributed by atoms with Crippen molar-refractivity contribution in [2.75, 3.05) is 11.9 Å². The van der Waals surface area contributed by atoms with Gasteiger partial charge in [-0.2, -0.15) is 0 Å². The average molecular weight is 436 g/mol. The maximum absolute atomic E-state index is 12.2.